The van der Waals surface area contributed by atoms with Crippen molar-refractivity contribution in [1.29, 1.82) is 0 Å². The zero-order chi connectivity index (χ0) is 17.9. The van der Waals surface area contributed by atoms with Crippen LogP contribution in [0.15, 0.2) is 42.7 Å². The minimum atomic E-state index is -0.539. The average Bonchev–Trinajstić information content (AvgIpc) is 2.88. The van der Waals surface area contributed by atoms with E-state index in [2.05, 4.69) is 33.3 Å². The van der Waals surface area contributed by atoms with Crippen LogP contribution in [-0.2, 0) is 11.5 Å². The fourth-order valence-corrected chi connectivity index (χ4v) is 3.09. The van der Waals surface area contributed by atoms with E-state index >= 15 is 0 Å². The lowest BCUT2D eigenvalue weighted by atomic mass is 10.3. The van der Waals surface area contributed by atoms with Gasteiger partial charge < -0.3 is 14.0 Å². The summed E-state index contributed by atoms with van der Waals surface area (Å²) >= 11 is 0. The van der Waals surface area contributed by atoms with Gasteiger partial charge in [-0.1, -0.05) is 18.2 Å². The van der Waals surface area contributed by atoms with Crippen molar-refractivity contribution >= 4 is 21.1 Å². The number of hydrogen-bond donors (Lipinski definition) is 0. The predicted molar refractivity (Wildman–Crippen MR) is 105 cm³/mol. The Labute approximate surface area is 150 Å². The summed E-state index contributed by atoms with van der Waals surface area (Å²) in [5.74, 6) is 2.43. The van der Waals surface area contributed by atoms with Crippen molar-refractivity contribution in [2.45, 2.75) is 13.7 Å². The summed E-state index contributed by atoms with van der Waals surface area (Å²) in [7, 11) is -0.539. The smallest absolute Gasteiger partial charge is 0.231 e. The van der Waals surface area contributed by atoms with Gasteiger partial charge in [0.25, 0.3) is 0 Å². The summed E-state index contributed by atoms with van der Waals surface area (Å²) < 4.78 is 13.9. The van der Waals surface area contributed by atoms with Crippen molar-refractivity contribution in [2.75, 3.05) is 31.1 Å². The van der Waals surface area contributed by atoms with Gasteiger partial charge in [-0.25, -0.2) is 20.0 Å². The van der Waals surface area contributed by atoms with Crippen LogP contribution in [0.3, 0.4) is 0 Å². The molecular formula is C19H25N3O2S. The summed E-state index contributed by atoms with van der Waals surface area (Å²) in [4.78, 5) is 8.73. The SMILES string of the molecule is Cc1cc2c(Oc3ccccc3)ncnc2n1COCCS(C)(C)C. The first-order chi connectivity index (χ1) is 11.9. The highest BCUT2D eigenvalue weighted by Gasteiger charge is 2.13. The third kappa shape index (κ3) is 4.52. The van der Waals surface area contributed by atoms with Crippen LogP contribution in [0.25, 0.3) is 11.0 Å². The Balaban J connectivity index is 1.79. The molecule has 2 aromatic heterocycles. The summed E-state index contributed by atoms with van der Waals surface area (Å²) in [6, 6.07) is 11.7. The standard InChI is InChI=1S/C19H25N3O2S/c1-15-12-17-18(22(15)14-23-10-11-25(2,3)4)20-13-21-19(17)24-16-8-6-5-7-9-16/h5-9,12-13H,10-11,14H2,1-4H3. The first-order valence-electron chi connectivity index (χ1n) is 8.21. The molecule has 6 heteroatoms. The largest absolute Gasteiger partial charge is 0.438 e. The molecule has 5 nitrogen and oxygen atoms in total. The third-order valence-corrected chi connectivity index (χ3v) is 5.27. The Hall–Kier alpha value is -2.05. The highest BCUT2D eigenvalue weighted by molar-refractivity contribution is 8.32. The molecule has 0 aliphatic heterocycles. The second-order valence-electron chi connectivity index (χ2n) is 6.88. The van der Waals surface area contributed by atoms with Crippen LogP contribution in [0.1, 0.15) is 5.69 Å². The molecule has 0 saturated carbocycles. The van der Waals surface area contributed by atoms with Gasteiger partial charge >= 0.3 is 0 Å². The molecule has 0 unspecified atom stereocenters. The molecule has 25 heavy (non-hydrogen) atoms. The van der Waals surface area contributed by atoms with E-state index in [0.717, 1.165) is 34.8 Å². The molecular weight excluding hydrogens is 334 g/mol. The van der Waals surface area contributed by atoms with Gasteiger partial charge in [0.1, 0.15) is 24.5 Å². The van der Waals surface area contributed by atoms with Crippen LogP contribution < -0.4 is 4.74 Å². The number of fused-ring (bicyclic) bond motifs is 1. The third-order valence-electron chi connectivity index (χ3n) is 3.88. The van der Waals surface area contributed by atoms with Gasteiger partial charge in [-0.2, -0.15) is 0 Å². The van der Waals surface area contributed by atoms with Crippen LogP contribution in [0.2, 0.25) is 0 Å². The molecule has 0 amide bonds. The lowest BCUT2D eigenvalue weighted by Gasteiger charge is -2.24. The number of nitrogens with zero attached hydrogens (tertiary/aromatic N) is 3. The van der Waals surface area contributed by atoms with E-state index in [1.807, 2.05) is 43.3 Å². The van der Waals surface area contributed by atoms with Gasteiger partial charge in [0, 0.05) is 11.4 Å². The average molecular weight is 359 g/mol. The van der Waals surface area contributed by atoms with E-state index in [9.17, 15) is 0 Å². The maximum Gasteiger partial charge on any atom is 0.231 e. The summed E-state index contributed by atoms with van der Waals surface area (Å²) in [5, 5.41) is 0.897. The minimum absolute atomic E-state index is 0.493. The molecule has 0 bridgehead atoms. The molecule has 2 heterocycles. The fraction of sp³-hybridized carbons (Fsp3) is 0.368. The molecule has 0 aliphatic rings. The molecule has 0 spiro atoms. The second-order valence-corrected chi connectivity index (χ2v) is 11.5. The molecule has 3 aromatic rings. The molecule has 0 aliphatic carbocycles. The monoisotopic (exact) mass is 359 g/mol. The number of rotatable bonds is 7. The van der Waals surface area contributed by atoms with Crippen molar-refractivity contribution in [2.24, 2.45) is 0 Å². The topological polar surface area (TPSA) is 49.2 Å². The number of para-hydroxylation sites is 1. The highest BCUT2D eigenvalue weighted by atomic mass is 32.3. The Kier molecular flexibility index (Phi) is 5.30. The van der Waals surface area contributed by atoms with Gasteiger partial charge in [0.2, 0.25) is 5.88 Å². The molecule has 0 saturated heterocycles. The number of hydrogen-bond acceptors (Lipinski definition) is 4. The number of aromatic nitrogens is 3. The molecule has 134 valence electrons. The van der Waals surface area contributed by atoms with Crippen molar-refractivity contribution in [3.05, 3.63) is 48.4 Å². The molecule has 0 N–H and O–H groups in total. The maximum absolute atomic E-state index is 5.93. The van der Waals surface area contributed by atoms with E-state index < -0.39 is 10.0 Å². The van der Waals surface area contributed by atoms with Crippen molar-refractivity contribution < 1.29 is 9.47 Å². The number of aryl methyl sites for hydroxylation is 1. The van der Waals surface area contributed by atoms with E-state index in [1.54, 1.807) is 0 Å². The van der Waals surface area contributed by atoms with Crippen molar-refractivity contribution in [3.8, 4) is 11.6 Å². The highest BCUT2D eigenvalue weighted by Crippen LogP contribution is 2.33. The van der Waals surface area contributed by atoms with Crippen LogP contribution in [0.5, 0.6) is 11.6 Å². The normalized spacial score (nSPS) is 12.5. The van der Waals surface area contributed by atoms with Crippen molar-refractivity contribution in [3.63, 3.8) is 0 Å². The van der Waals surface area contributed by atoms with E-state index in [1.165, 1.54) is 6.33 Å². The van der Waals surface area contributed by atoms with Crippen molar-refractivity contribution in [1.82, 2.24) is 14.5 Å². The summed E-state index contributed by atoms with van der Waals surface area (Å²) in [5.41, 5.74) is 1.91. The van der Waals surface area contributed by atoms with E-state index in [4.69, 9.17) is 9.47 Å². The van der Waals surface area contributed by atoms with Gasteiger partial charge in [-0.15, -0.1) is 0 Å². The maximum atomic E-state index is 5.93. The molecule has 1 aromatic carbocycles. The fourth-order valence-electron chi connectivity index (χ4n) is 2.48. The van der Waals surface area contributed by atoms with E-state index in [-0.39, 0.29) is 0 Å². The summed E-state index contributed by atoms with van der Waals surface area (Å²) in [6.07, 6.45) is 8.43. The zero-order valence-corrected chi connectivity index (χ0v) is 16.0. The van der Waals surface area contributed by atoms with Gasteiger partial charge in [0.15, 0.2) is 0 Å². The van der Waals surface area contributed by atoms with Crippen LogP contribution in [-0.4, -0.2) is 45.7 Å². The van der Waals surface area contributed by atoms with Gasteiger partial charge in [0.05, 0.1) is 12.0 Å². The summed E-state index contributed by atoms with van der Waals surface area (Å²) in [6.45, 7) is 3.30. The quantitative estimate of drug-likeness (QED) is 0.593. The Morgan fingerprint density at radius 2 is 1.84 bits per heavy atom. The Morgan fingerprint density at radius 3 is 2.56 bits per heavy atom. The second kappa shape index (κ2) is 7.45. The van der Waals surface area contributed by atoms with Gasteiger partial charge in [-0.3, -0.25) is 0 Å². The molecule has 0 atom stereocenters. The molecule has 0 radical (unpaired) electrons. The van der Waals surface area contributed by atoms with E-state index in [0.29, 0.717) is 12.6 Å². The van der Waals surface area contributed by atoms with Crippen LogP contribution in [0, 0.1) is 6.92 Å². The zero-order valence-electron chi connectivity index (χ0n) is 15.2. The van der Waals surface area contributed by atoms with Crippen LogP contribution in [0.4, 0.5) is 0 Å². The first kappa shape index (κ1) is 17.8. The minimum Gasteiger partial charge on any atom is -0.438 e. The number of benzene rings is 1. The van der Waals surface area contributed by atoms with Gasteiger partial charge in [-0.05, 0) is 43.9 Å². The Bertz CT molecular complexity index is 841. The Morgan fingerprint density at radius 1 is 1.08 bits per heavy atom. The lowest BCUT2D eigenvalue weighted by molar-refractivity contribution is 0.0911. The van der Waals surface area contributed by atoms with Crippen LogP contribution >= 0.6 is 10.0 Å². The first-order valence-corrected chi connectivity index (χ1v) is 11.2. The lowest BCUT2D eigenvalue weighted by Crippen LogP contribution is -2.11. The predicted octanol–water partition coefficient (Wildman–Crippen LogP) is 4.20. The number of ether oxygens (including phenoxy) is 2. The molecule has 3 rings (SSSR count). The molecule has 0 fully saturated rings.